The van der Waals surface area contributed by atoms with Gasteiger partial charge in [0.2, 0.25) is 0 Å². The van der Waals surface area contributed by atoms with Gasteiger partial charge in [0, 0.05) is 18.7 Å². The van der Waals surface area contributed by atoms with E-state index in [4.69, 9.17) is 5.73 Å². The Bertz CT molecular complexity index is 550. The molecule has 116 valence electrons. The molecule has 1 aromatic rings. The number of nitrogen functional groups attached to an aromatic ring is 1. The zero-order valence-electron chi connectivity index (χ0n) is 11.8. The van der Waals surface area contributed by atoms with E-state index in [-0.39, 0.29) is 28.5 Å². The molecule has 8 heteroatoms. The van der Waals surface area contributed by atoms with Crippen LogP contribution in [0.25, 0.3) is 0 Å². The maximum atomic E-state index is 10.9. The van der Waals surface area contributed by atoms with Crippen molar-refractivity contribution in [1.29, 1.82) is 0 Å². The molecule has 0 aliphatic heterocycles. The quantitative estimate of drug-likeness (QED) is 0.413. The minimum atomic E-state index is -1.27. The summed E-state index contributed by atoms with van der Waals surface area (Å²) >= 11 is 1.05. The van der Waals surface area contributed by atoms with Gasteiger partial charge in [-0.15, -0.1) is 0 Å². The highest BCUT2D eigenvalue weighted by Gasteiger charge is 2.23. The molecule has 0 saturated carbocycles. The highest BCUT2D eigenvalue weighted by Crippen LogP contribution is 2.31. The molecule has 0 aliphatic carbocycles. The third-order valence-corrected chi connectivity index (χ3v) is 3.86. The Kier molecular flexibility index (Phi) is 6.13. The van der Waals surface area contributed by atoms with Gasteiger partial charge in [-0.3, -0.25) is 14.9 Å². The van der Waals surface area contributed by atoms with Crippen LogP contribution in [0.4, 0.5) is 11.4 Å². The first-order chi connectivity index (χ1) is 9.73. The number of carbonyl (C=O) groups is 1. The van der Waals surface area contributed by atoms with Gasteiger partial charge in [0.05, 0.1) is 11.0 Å². The van der Waals surface area contributed by atoms with Crippen molar-refractivity contribution in [2.24, 2.45) is 0 Å². The number of hydrogen-bond acceptors (Lipinski definition) is 7. The molecule has 0 radical (unpaired) electrons. The van der Waals surface area contributed by atoms with Crippen LogP contribution in [0.5, 0.6) is 0 Å². The van der Waals surface area contributed by atoms with Crippen LogP contribution in [-0.2, 0) is 4.79 Å². The van der Waals surface area contributed by atoms with Crippen LogP contribution in [0.1, 0.15) is 30.6 Å². The fourth-order valence-corrected chi connectivity index (χ4v) is 2.48. The number of nitrogens with zero attached hydrogens (tertiary/aromatic N) is 1. The number of anilines is 1. The van der Waals surface area contributed by atoms with Gasteiger partial charge >= 0.3 is 0 Å². The van der Waals surface area contributed by atoms with Gasteiger partial charge in [-0.2, -0.15) is 0 Å². The summed E-state index contributed by atoms with van der Waals surface area (Å²) < 4.78 is 0. The minimum absolute atomic E-state index is 0.0394. The van der Waals surface area contributed by atoms with Crippen molar-refractivity contribution in [3.63, 3.8) is 0 Å². The van der Waals surface area contributed by atoms with Gasteiger partial charge in [0.25, 0.3) is 5.69 Å². The van der Waals surface area contributed by atoms with Crippen molar-refractivity contribution < 1.29 is 19.9 Å². The summed E-state index contributed by atoms with van der Waals surface area (Å²) in [7, 11) is 0. The van der Waals surface area contributed by atoms with Crippen LogP contribution in [0.15, 0.2) is 12.1 Å². The van der Waals surface area contributed by atoms with Crippen LogP contribution >= 0.6 is 11.8 Å². The molecule has 0 bridgehead atoms. The molecule has 1 rings (SSSR count). The summed E-state index contributed by atoms with van der Waals surface area (Å²) in [4.78, 5) is 21.1. The van der Waals surface area contributed by atoms with Gasteiger partial charge < -0.3 is 15.9 Å². The van der Waals surface area contributed by atoms with Crippen molar-refractivity contribution in [2.75, 3.05) is 11.5 Å². The van der Waals surface area contributed by atoms with Crippen molar-refractivity contribution in [3.05, 3.63) is 33.4 Å². The second-order valence-corrected chi connectivity index (χ2v) is 5.94. The summed E-state index contributed by atoms with van der Waals surface area (Å²) in [5.74, 6) is 0.365. The number of benzene rings is 1. The van der Waals surface area contributed by atoms with E-state index in [0.29, 0.717) is 11.3 Å². The molecule has 7 nitrogen and oxygen atoms in total. The SMILES string of the molecule is CC(=O)SCCC(O)C(O)c1cc(C)c(N)c([N+](=O)[O-])c1. The minimum Gasteiger partial charge on any atom is -0.393 e. The van der Waals surface area contributed by atoms with Crippen LogP contribution in [0, 0.1) is 17.0 Å². The van der Waals surface area contributed by atoms with Gasteiger partial charge in [-0.1, -0.05) is 17.8 Å². The summed E-state index contributed by atoms with van der Waals surface area (Å²) in [6, 6.07) is 2.67. The molecule has 21 heavy (non-hydrogen) atoms. The largest absolute Gasteiger partial charge is 0.393 e. The number of aliphatic hydroxyl groups is 2. The number of aliphatic hydroxyl groups excluding tert-OH is 2. The maximum Gasteiger partial charge on any atom is 0.292 e. The normalized spacial score (nSPS) is 13.7. The highest BCUT2D eigenvalue weighted by atomic mass is 32.2. The number of nitrogens with two attached hydrogens (primary N) is 1. The molecule has 1 aromatic carbocycles. The maximum absolute atomic E-state index is 10.9. The monoisotopic (exact) mass is 314 g/mol. The Morgan fingerprint density at radius 1 is 1.48 bits per heavy atom. The third-order valence-electron chi connectivity index (χ3n) is 3.01. The molecule has 0 amide bonds. The molecule has 0 saturated heterocycles. The fraction of sp³-hybridized carbons (Fsp3) is 0.462. The number of rotatable bonds is 6. The number of carbonyl (C=O) groups excluding carboxylic acids is 1. The Labute approximate surface area is 126 Å². The molecule has 0 spiro atoms. The van der Waals surface area contributed by atoms with Crippen molar-refractivity contribution in [2.45, 2.75) is 32.5 Å². The molecule has 0 aliphatic rings. The first-order valence-corrected chi connectivity index (χ1v) is 7.26. The van der Waals surface area contributed by atoms with Crippen LogP contribution in [0.2, 0.25) is 0 Å². The number of thioether (sulfide) groups is 1. The zero-order valence-corrected chi connectivity index (χ0v) is 12.6. The van der Waals surface area contributed by atoms with Crippen LogP contribution < -0.4 is 5.73 Å². The standard InChI is InChI=1S/C13H18N2O5S/c1-7-5-9(6-10(12(7)14)15(19)20)13(18)11(17)3-4-21-8(2)16/h5-6,11,13,17-18H,3-4,14H2,1-2H3. The number of aryl methyl sites for hydroxylation is 1. The predicted molar refractivity (Wildman–Crippen MR) is 81.0 cm³/mol. The second kappa shape index (κ2) is 7.39. The lowest BCUT2D eigenvalue weighted by molar-refractivity contribution is -0.384. The number of nitro benzene ring substituents is 1. The summed E-state index contributed by atoms with van der Waals surface area (Å²) in [5.41, 5.74) is 6.05. The fourth-order valence-electron chi connectivity index (χ4n) is 1.83. The van der Waals surface area contributed by atoms with E-state index in [1.807, 2.05) is 0 Å². The van der Waals surface area contributed by atoms with Crippen molar-refractivity contribution in [3.8, 4) is 0 Å². The first kappa shape index (κ1) is 17.4. The van der Waals surface area contributed by atoms with Gasteiger partial charge in [0.15, 0.2) is 5.12 Å². The smallest absolute Gasteiger partial charge is 0.292 e. The lowest BCUT2D eigenvalue weighted by Gasteiger charge is -2.18. The van der Waals surface area contributed by atoms with Crippen LogP contribution in [-0.4, -0.2) is 32.1 Å². The Hall–Kier alpha value is -1.64. The van der Waals surface area contributed by atoms with E-state index < -0.39 is 17.1 Å². The number of hydrogen-bond donors (Lipinski definition) is 3. The van der Waals surface area contributed by atoms with E-state index in [0.717, 1.165) is 17.8 Å². The lowest BCUT2D eigenvalue weighted by atomic mass is 9.99. The van der Waals surface area contributed by atoms with Gasteiger partial charge in [0.1, 0.15) is 11.8 Å². The summed E-state index contributed by atoms with van der Waals surface area (Å²) in [6.45, 7) is 3.01. The van der Waals surface area contributed by atoms with E-state index in [9.17, 15) is 25.1 Å². The Morgan fingerprint density at radius 3 is 2.62 bits per heavy atom. The highest BCUT2D eigenvalue weighted by molar-refractivity contribution is 8.13. The zero-order chi connectivity index (χ0) is 16.2. The Balaban J connectivity index is 2.89. The molecular weight excluding hydrogens is 296 g/mol. The van der Waals surface area contributed by atoms with Gasteiger partial charge in [-0.25, -0.2) is 0 Å². The summed E-state index contributed by atoms with van der Waals surface area (Å²) in [5, 5.41) is 30.8. The van der Waals surface area contributed by atoms with Crippen LogP contribution in [0.3, 0.4) is 0 Å². The van der Waals surface area contributed by atoms with E-state index >= 15 is 0 Å². The molecular formula is C13H18N2O5S. The average Bonchev–Trinajstić information content (AvgIpc) is 2.39. The first-order valence-electron chi connectivity index (χ1n) is 6.28. The van der Waals surface area contributed by atoms with Gasteiger partial charge in [-0.05, 0) is 24.5 Å². The number of nitro groups is 1. The molecule has 0 aromatic heterocycles. The molecule has 0 fully saturated rings. The van der Waals surface area contributed by atoms with E-state index in [2.05, 4.69) is 0 Å². The summed E-state index contributed by atoms with van der Waals surface area (Å²) in [6.07, 6.45) is -2.18. The second-order valence-electron chi connectivity index (χ2n) is 4.67. The molecule has 2 unspecified atom stereocenters. The lowest BCUT2D eigenvalue weighted by Crippen LogP contribution is -2.19. The van der Waals surface area contributed by atoms with Crippen molar-refractivity contribution in [1.82, 2.24) is 0 Å². The van der Waals surface area contributed by atoms with E-state index in [1.165, 1.54) is 13.0 Å². The predicted octanol–water partition coefficient (Wildman–Crippen LogP) is 1.55. The van der Waals surface area contributed by atoms with Crippen molar-refractivity contribution >= 4 is 28.3 Å². The van der Waals surface area contributed by atoms with E-state index in [1.54, 1.807) is 6.92 Å². The average molecular weight is 314 g/mol. The molecule has 2 atom stereocenters. The molecule has 4 N–H and O–H groups in total. The molecule has 0 heterocycles. The topological polar surface area (TPSA) is 127 Å². The Morgan fingerprint density at radius 2 is 2.10 bits per heavy atom. The third kappa shape index (κ3) is 4.69.